The Bertz CT molecular complexity index is 2670. The number of piperidine rings is 1. The zero-order chi connectivity index (χ0) is 46.7. The van der Waals surface area contributed by atoms with Crippen LogP contribution in [-0.4, -0.2) is 133 Å². The van der Waals surface area contributed by atoms with Crippen molar-refractivity contribution in [1.82, 2.24) is 14.8 Å². The zero-order valence-electron chi connectivity index (χ0n) is 38.9. The lowest BCUT2D eigenvalue weighted by Gasteiger charge is -2.63. The summed E-state index contributed by atoms with van der Waals surface area (Å²) in [4.78, 5) is 53.6. The van der Waals surface area contributed by atoms with Crippen LogP contribution in [-0.2, 0) is 45.8 Å². The molecule has 3 N–H and O–H groups in total. The number of halogens is 1. The number of aromatic amines is 1. The Morgan fingerprint density at radius 1 is 0.894 bits per heavy atom. The van der Waals surface area contributed by atoms with Gasteiger partial charge >= 0.3 is 17.9 Å². The summed E-state index contributed by atoms with van der Waals surface area (Å²) in [5.74, 6) is -2.09. The number of esters is 3. The van der Waals surface area contributed by atoms with Crippen molar-refractivity contribution in [1.29, 1.82) is 0 Å². The number of aliphatic hydroxyl groups is 2. The van der Waals surface area contributed by atoms with Gasteiger partial charge in [0.1, 0.15) is 17.0 Å². The fourth-order valence-electron chi connectivity index (χ4n) is 14.4. The lowest BCUT2D eigenvalue weighted by atomic mass is 9.47. The Hall–Kier alpha value is -5.28. The number of H-pyrrole nitrogens is 1. The number of likely N-dealkylation sites (N-methyl/N-ethyl adjacent to an activating group) is 1. The Morgan fingerprint density at radius 2 is 1.64 bits per heavy atom. The Kier molecular flexibility index (Phi) is 10.6. The van der Waals surface area contributed by atoms with Crippen molar-refractivity contribution in [3.8, 4) is 16.9 Å². The Labute approximate surface area is 384 Å². The van der Waals surface area contributed by atoms with Crippen LogP contribution in [0.5, 0.6) is 5.75 Å². The third kappa shape index (κ3) is 5.99. The highest BCUT2D eigenvalue weighted by atomic mass is 19.1. The molecule has 350 valence electrons. The highest BCUT2D eigenvalue weighted by Crippen LogP contribution is 2.68. The maximum absolute atomic E-state index is 15.6. The smallest absolute Gasteiger partial charge is 0.344 e. The van der Waals surface area contributed by atoms with Gasteiger partial charge < -0.3 is 39.0 Å². The number of fused-ring (bicyclic) bond motifs is 6. The van der Waals surface area contributed by atoms with Crippen molar-refractivity contribution in [3.05, 3.63) is 95.0 Å². The molecule has 1 aromatic heterocycles. The number of hydrogen-bond donors (Lipinski definition) is 3. The first kappa shape index (κ1) is 44.6. The molecule has 2 bridgehead atoms. The van der Waals surface area contributed by atoms with Gasteiger partial charge in [-0.25, -0.2) is 9.18 Å². The molecular weight excluding hydrogens is 844 g/mol. The van der Waals surface area contributed by atoms with Crippen molar-refractivity contribution in [2.24, 2.45) is 11.3 Å². The van der Waals surface area contributed by atoms with Crippen LogP contribution < -0.4 is 9.64 Å². The van der Waals surface area contributed by atoms with Gasteiger partial charge in [-0.15, -0.1) is 0 Å². The summed E-state index contributed by atoms with van der Waals surface area (Å²) in [5, 5.41) is 26.5. The number of anilines is 1. The van der Waals surface area contributed by atoms with Crippen LogP contribution >= 0.6 is 0 Å². The van der Waals surface area contributed by atoms with Crippen molar-refractivity contribution < 1.29 is 47.9 Å². The van der Waals surface area contributed by atoms with Gasteiger partial charge in [0.05, 0.1) is 33.0 Å². The minimum Gasteiger partial charge on any atom is -0.496 e. The maximum Gasteiger partial charge on any atom is 0.344 e. The molecule has 3 fully saturated rings. The molecule has 5 aliphatic heterocycles. The minimum atomic E-state index is -2.34. The molecule has 66 heavy (non-hydrogen) atoms. The molecule has 2 unspecified atom stereocenters. The predicted molar refractivity (Wildman–Crippen MR) is 246 cm³/mol. The highest BCUT2D eigenvalue weighted by molar-refractivity contribution is 5.96. The third-order valence-corrected chi connectivity index (χ3v) is 16.9. The SMILES string of the molecule is CC[C@]1(O)C[C@H]2CN(CCc3c([nH]c4ccc(-c5ccc(F)cc5)cc34)[C@@](C(=O)OC)(c3cc4c(cc3OC)N(C)C3[C@]45CCN4CC=C[C@@](CC)([C@@H](OC(C)=O)[C@]3(O)C(=O)OC)[C@H]45)C2)C1. The van der Waals surface area contributed by atoms with Gasteiger partial charge in [-0.1, -0.05) is 44.2 Å². The number of aromatic nitrogens is 1. The lowest BCUT2D eigenvalue weighted by molar-refractivity contribution is -0.228. The topological polar surface area (TPSA) is 154 Å². The van der Waals surface area contributed by atoms with E-state index in [1.54, 1.807) is 19.2 Å². The quantitative estimate of drug-likeness (QED) is 0.111. The van der Waals surface area contributed by atoms with Gasteiger partial charge in [-0.3, -0.25) is 19.4 Å². The molecule has 0 amide bonds. The normalized spacial score (nSPS) is 34.3. The lowest BCUT2D eigenvalue weighted by Crippen LogP contribution is -2.81. The second kappa shape index (κ2) is 15.6. The number of carbonyl (C=O) groups is 3. The number of benzene rings is 3. The molecule has 2 saturated heterocycles. The maximum atomic E-state index is 15.6. The molecular formula is C52H61FN4O9. The van der Waals surface area contributed by atoms with E-state index in [-0.39, 0.29) is 24.2 Å². The van der Waals surface area contributed by atoms with Crippen molar-refractivity contribution in [3.63, 3.8) is 0 Å². The fourth-order valence-corrected chi connectivity index (χ4v) is 14.4. The van der Waals surface area contributed by atoms with Crippen LogP contribution in [0.25, 0.3) is 22.0 Å². The molecule has 10 rings (SSSR count). The van der Waals surface area contributed by atoms with Crippen LogP contribution in [0.4, 0.5) is 10.1 Å². The van der Waals surface area contributed by atoms with E-state index < -0.39 is 57.5 Å². The van der Waals surface area contributed by atoms with Crippen LogP contribution in [0.3, 0.4) is 0 Å². The van der Waals surface area contributed by atoms with E-state index in [2.05, 4.69) is 26.9 Å². The molecule has 1 aliphatic carbocycles. The van der Waals surface area contributed by atoms with Gasteiger partial charge in [0.25, 0.3) is 0 Å². The highest BCUT2D eigenvalue weighted by Gasteiger charge is 2.80. The largest absolute Gasteiger partial charge is 0.496 e. The monoisotopic (exact) mass is 904 g/mol. The van der Waals surface area contributed by atoms with Gasteiger partial charge in [0.2, 0.25) is 5.60 Å². The first-order chi connectivity index (χ1) is 31.6. The van der Waals surface area contributed by atoms with Crippen molar-refractivity contribution >= 4 is 34.5 Å². The number of hydrogen-bond acceptors (Lipinski definition) is 12. The first-order valence-electron chi connectivity index (χ1n) is 23.4. The third-order valence-electron chi connectivity index (χ3n) is 16.9. The van der Waals surface area contributed by atoms with Crippen LogP contribution in [0.2, 0.25) is 0 Å². The summed E-state index contributed by atoms with van der Waals surface area (Å²) in [7, 11) is 6.09. The summed E-state index contributed by atoms with van der Waals surface area (Å²) in [6.45, 7) is 8.34. The van der Waals surface area contributed by atoms with E-state index >= 15 is 4.79 Å². The number of methoxy groups -OCH3 is 3. The predicted octanol–water partition coefficient (Wildman–Crippen LogP) is 5.80. The molecule has 1 spiro atoms. The average molecular weight is 905 g/mol. The number of nitrogens with one attached hydrogen (secondary N) is 1. The van der Waals surface area contributed by atoms with E-state index in [9.17, 15) is 24.2 Å². The first-order valence-corrected chi connectivity index (χ1v) is 23.4. The number of carbonyl (C=O) groups excluding carboxylic acids is 3. The zero-order valence-corrected chi connectivity index (χ0v) is 38.9. The van der Waals surface area contributed by atoms with E-state index in [4.69, 9.17) is 18.9 Å². The molecule has 4 aromatic rings. The van der Waals surface area contributed by atoms with Crippen LogP contribution in [0.1, 0.15) is 75.3 Å². The summed E-state index contributed by atoms with van der Waals surface area (Å²) in [5.41, 5.74) is -0.550. The van der Waals surface area contributed by atoms with Gasteiger partial charge in [-0.2, -0.15) is 0 Å². The van der Waals surface area contributed by atoms with Crippen molar-refractivity contribution in [2.45, 2.75) is 99.5 Å². The van der Waals surface area contributed by atoms with Crippen LogP contribution in [0, 0.1) is 17.2 Å². The fraction of sp³-hybridized carbons (Fsp3) is 0.519. The second-order valence-electron chi connectivity index (χ2n) is 19.9. The van der Waals surface area contributed by atoms with E-state index in [0.717, 1.165) is 33.2 Å². The minimum absolute atomic E-state index is 0.164. The second-order valence-corrected chi connectivity index (χ2v) is 19.9. The molecule has 6 aliphatic rings. The average Bonchev–Trinajstić information content (AvgIpc) is 3.97. The van der Waals surface area contributed by atoms with Crippen molar-refractivity contribution in [2.75, 3.05) is 66.0 Å². The Morgan fingerprint density at radius 3 is 2.32 bits per heavy atom. The summed E-state index contributed by atoms with van der Waals surface area (Å²) in [6.07, 6.45) is 5.58. The molecule has 3 aromatic carbocycles. The van der Waals surface area contributed by atoms with Crippen LogP contribution in [0.15, 0.2) is 66.7 Å². The summed E-state index contributed by atoms with van der Waals surface area (Å²) < 4.78 is 38.2. The molecule has 13 nitrogen and oxygen atoms in total. The summed E-state index contributed by atoms with van der Waals surface area (Å²) >= 11 is 0. The van der Waals surface area contributed by atoms with Gasteiger partial charge in [-0.05, 0) is 104 Å². The van der Waals surface area contributed by atoms with E-state index in [0.29, 0.717) is 87.5 Å². The number of ether oxygens (including phenoxy) is 4. The number of nitrogens with zero attached hydrogens (tertiary/aromatic N) is 3. The molecule has 10 atom stereocenters. The van der Waals surface area contributed by atoms with E-state index in [1.165, 1.54) is 33.3 Å². The molecule has 0 radical (unpaired) electrons. The molecule has 6 heterocycles. The Balaban J connectivity index is 1.27. The standard InChI is InChI=1S/C52H61FN4O9/c1-8-48(61)26-31-27-51(46(59)64-6,42-35(17-21-56(28-31)29-48)36-23-33(13-16-39(36)54-42)32-11-14-34(53)15-12-32)38-24-37-40(25-41(38)63-5)55(4)44-50(37)19-22-57-20-10-18-49(9-2,43(50)57)45(66-30(3)58)52(44,62)47(60)65-7/h10-16,18,23-25,31,43-45,54,61-62H,8-9,17,19-22,26-29H2,1-7H3/t31-,43+,44?,45-,48+,49-,50-,51+,52+/m1/s1. The number of rotatable bonds is 8. The van der Waals surface area contributed by atoms with Gasteiger partial charge in [0, 0.05) is 90.9 Å². The van der Waals surface area contributed by atoms with E-state index in [1.807, 2.05) is 56.1 Å². The molecule has 14 heteroatoms. The summed E-state index contributed by atoms with van der Waals surface area (Å²) in [6, 6.07) is 15.2. The molecule has 1 saturated carbocycles. The van der Waals surface area contributed by atoms with Gasteiger partial charge in [0.15, 0.2) is 6.10 Å².